The SMILES string of the molecule is CCCCCCCCCC(Cc1ccccc1)N(C)C.I. The second kappa shape index (κ2) is 13.6. The molecule has 0 heterocycles. The third-order valence-corrected chi connectivity index (χ3v) is 4.19. The molecule has 0 bridgehead atoms. The highest BCUT2D eigenvalue weighted by Crippen LogP contribution is 2.15. The first-order chi connectivity index (χ1) is 9.74. The number of hydrogen-bond donors (Lipinski definition) is 0. The maximum absolute atomic E-state index is 2.39. The molecule has 0 aromatic heterocycles. The average Bonchev–Trinajstić information content (AvgIpc) is 2.46. The van der Waals surface area contributed by atoms with Crippen molar-refractivity contribution in [2.45, 2.75) is 70.8 Å². The molecule has 122 valence electrons. The summed E-state index contributed by atoms with van der Waals surface area (Å²) in [6.07, 6.45) is 12.3. The zero-order valence-corrected chi connectivity index (χ0v) is 16.5. The highest BCUT2D eigenvalue weighted by Gasteiger charge is 2.11. The van der Waals surface area contributed by atoms with E-state index in [4.69, 9.17) is 0 Å². The fraction of sp³-hybridized carbons (Fsp3) is 0.684. The van der Waals surface area contributed by atoms with E-state index in [0.717, 1.165) is 0 Å². The van der Waals surface area contributed by atoms with Gasteiger partial charge in [-0.05, 0) is 32.5 Å². The van der Waals surface area contributed by atoms with Gasteiger partial charge in [-0.25, -0.2) is 0 Å². The first-order valence-corrected chi connectivity index (χ1v) is 8.44. The Morgan fingerprint density at radius 3 is 2.00 bits per heavy atom. The van der Waals surface area contributed by atoms with Crippen LogP contribution in [0.5, 0.6) is 0 Å². The van der Waals surface area contributed by atoms with Gasteiger partial charge in [0.2, 0.25) is 0 Å². The quantitative estimate of drug-likeness (QED) is 0.328. The molecule has 0 N–H and O–H groups in total. The smallest absolute Gasteiger partial charge is 0.0130 e. The van der Waals surface area contributed by atoms with Gasteiger partial charge in [0.1, 0.15) is 0 Å². The standard InChI is InChI=1S/C19H33N.HI/c1-4-5-6-7-8-9-13-16-19(20(2)3)17-18-14-11-10-12-15-18;/h10-12,14-15,19H,4-9,13,16-17H2,1-3H3;1H. The summed E-state index contributed by atoms with van der Waals surface area (Å²) in [5.41, 5.74) is 1.47. The van der Waals surface area contributed by atoms with E-state index in [-0.39, 0.29) is 24.0 Å². The molecule has 1 aromatic carbocycles. The van der Waals surface area contributed by atoms with Gasteiger partial charge in [-0.2, -0.15) is 0 Å². The van der Waals surface area contributed by atoms with Gasteiger partial charge >= 0.3 is 0 Å². The van der Waals surface area contributed by atoms with Crippen LogP contribution in [0.3, 0.4) is 0 Å². The van der Waals surface area contributed by atoms with Gasteiger partial charge in [0.15, 0.2) is 0 Å². The molecule has 1 atom stereocenters. The van der Waals surface area contributed by atoms with Crippen molar-refractivity contribution in [1.82, 2.24) is 4.90 Å². The van der Waals surface area contributed by atoms with Crippen LogP contribution in [0.25, 0.3) is 0 Å². The Morgan fingerprint density at radius 1 is 0.857 bits per heavy atom. The number of unbranched alkanes of at least 4 members (excludes halogenated alkanes) is 6. The Hall–Kier alpha value is -0.0900. The Kier molecular flexibility index (Phi) is 13.5. The molecule has 1 unspecified atom stereocenters. The second-order valence-corrected chi connectivity index (χ2v) is 6.22. The van der Waals surface area contributed by atoms with Crippen molar-refractivity contribution >= 4 is 24.0 Å². The molecule has 0 saturated heterocycles. The summed E-state index contributed by atoms with van der Waals surface area (Å²) in [6.45, 7) is 2.28. The number of nitrogens with zero attached hydrogens (tertiary/aromatic N) is 1. The van der Waals surface area contributed by atoms with Crippen LogP contribution >= 0.6 is 24.0 Å². The summed E-state index contributed by atoms with van der Waals surface area (Å²) < 4.78 is 0. The van der Waals surface area contributed by atoms with E-state index in [9.17, 15) is 0 Å². The molecule has 0 aliphatic heterocycles. The lowest BCUT2D eigenvalue weighted by molar-refractivity contribution is 0.269. The van der Waals surface area contributed by atoms with Crippen LogP contribution in [-0.2, 0) is 6.42 Å². The molecule has 0 amide bonds. The number of hydrogen-bond acceptors (Lipinski definition) is 1. The Morgan fingerprint density at radius 2 is 1.43 bits per heavy atom. The first kappa shape index (κ1) is 20.9. The molecule has 1 nitrogen and oxygen atoms in total. The van der Waals surface area contributed by atoms with Crippen LogP contribution < -0.4 is 0 Å². The molecule has 1 aromatic rings. The molecule has 1 rings (SSSR count). The van der Waals surface area contributed by atoms with E-state index in [0.29, 0.717) is 6.04 Å². The Bertz CT molecular complexity index is 324. The fourth-order valence-corrected chi connectivity index (χ4v) is 2.77. The molecule has 0 saturated carbocycles. The maximum Gasteiger partial charge on any atom is 0.0130 e. The van der Waals surface area contributed by atoms with Gasteiger partial charge in [-0.15, -0.1) is 24.0 Å². The van der Waals surface area contributed by atoms with Crippen molar-refractivity contribution in [3.05, 3.63) is 35.9 Å². The largest absolute Gasteiger partial charge is 0.306 e. The topological polar surface area (TPSA) is 3.24 Å². The fourth-order valence-electron chi connectivity index (χ4n) is 2.77. The average molecular weight is 403 g/mol. The minimum absolute atomic E-state index is 0. The summed E-state index contributed by atoms with van der Waals surface area (Å²) in [5.74, 6) is 0. The summed E-state index contributed by atoms with van der Waals surface area (Å²) in [4.78, 5) is 2.39. The summed E-state index contributed by atoms with van der Waals surface area (Å²) in [6, 6.07) is 11.6. The van der Waals surface area contributed by atoms with Crippen molar-refractivity contribution in [1.29, 1.82) is 0 Å². The number of benzene rings is 1. The summed E-state index contributed by atoms with van der Waals surface area (Å²) >= 11 is 0. The van der Waals surface area contributed by atoms with Crippen molar-refractivity contribution < 1.29 is 0 Å². The van der Waals surface area contributed by atoms with Gasteiger partial charge in [0.05, 0.1) is 0 Å². The van der Waals surface area contributed by atoms with Crippen LogP contribution in [-0.4, -0.2) is 25.0 Å². The molecule has 2 heteroatoms. The zero-order chi connectivity index (χ0) is 14.6. The van der Waals surface area contributed by atoms with Crippen molar-refractivity contribution in [2.24, 2.45) is 0 Å². The van der Waals surface area contributed by atoms with E-state index >= 15 is 0 Å². The highest BCUT2D eigenvalue weighted by molar-refractivity contribution is 14.0. The first-order valence-electron chi connectivity index (χ1n) is 8.44. The predicted molar refractivity (Wildman–Crippen MR) is 106 cm³/mol. The van der Waals surface area contributed by atoms with Gasteiger partial charge in [0.25, 0.3) is 0 Å². The van der Waals surface area contributed by atoms with Gasteiger partial charge in [-0.3, -0.25) is 0 Å². The van der Waals surface area contributed by atoms with E-state index in [1.54, 1.807) is 0 Å². The van der Waals surface area contributed by atoms with Crippen molar-refractivity contribution in [2.75, 3.05) is 14.1 Å². The van der Waals surface area contributed by atoms with Crippen LogP contribution in [0.4, 0.5) is 0 Å². The number of likely N-dealkylation sites (N-methyl/N-ethyl adjacent to an activating group) is 1. The third-order valence-electron chi connectivity index (χ3n) is 4.19. The molecule has 21 heavy (non-hydrogen) atoms. The molecule has 0 radical (unpaired) electrons. The molecule has 0 fully saturated rings. The molecular weight excluding hydrogens is 369 g/mol. The second-order valence-electron chi connectivity index (χ2n) is 6.22. The van der Waals surface area contributed by atoms with E-state index in [1.807, 2.05) is 0 Å². The molecule has 0 spiro atoms. The zero-order valence-electron chi connectivity index (χ0n) is 14.2. The Balaban J connectivity index is 0.00000400. The van der Waals surface area contributed by atoms with Gasteiger partial charge in [-0.1, -0.05) is 82.2 Å². The minimum atomic E-state index is 0. The lowest BCUT2D eigenvalue weighted by atomic mass is 9.99. The normalized spacial score (nSPS) is 12.2. The monoisotopic (exact) mass is 403 g/mol. The highest BCUT2D eigenvalue weighted by atomic mass is 127. The van der Waals surface area contributed by atoms with Crippen LogP contribution in [0.1, 0.15) is 63.9 Å². The number of rotatable bonds is 11. The predicted octanol–water partition coefficient (Wildman–Crippen LogP) is 5.92. The van der Waals surface area contributed by atoms with Gasteiger partial charge in [0, 0.05) is 6.04 Å². The van der Waals surface area contributed by atoms with E-state index in [2.05, 4.69) is 56.3 Å². The molecule has 0 aliphatic rings. The third kappa shape index (κ3) is 10.3. The lowest BCUT2D eigenvalue weighted by Gasteiger charge is -2.24. The van der Waals surface area contributed by atoms with Crippen LogP contribution in [0, 0.1) is 0 Å². The molecule has 0 aliphatic carbocycles. The molecular formula is C19H34IN. The Labute approximate surface area is 149 Å². The maximum atomic E-state index is 2.39. The van der Waals surface area contributed by atoms with E-state index in [1.165, 1.54) is 63.4 Å². The summed E-state index contributed by atoms with van der Waals surface area (Å²) in [7, 11) is 4.43. The minimum Gasteiger partial charge on any atom is -0.306 e. The van der Waals surface area contributed by atoms with Crippen LogP contribution in [0.15, 0.2) is 30.3 Å². The lowest BCUT2D eigenvalue weighted by Crippen LogP contribution is -2.30. The van der Waals surface area contributed by atoms with Crippen molar-refractivity contribution in [3.63, 3.8) is 0 Å². The number of halogens is 1. The van der Waals surface area contributed by atoms with Crippen molar-refractivity contribution in [3.8, 4) is 0 Å². The van der Waals surface area contributed by atoms with E-state index < -0.39 is 0 Å². The summed E-state index contributed by atoms with van der Waals surface area (Å²) in [5, 5.41) is 0. The van der Waals surface area contributed by atoms with Gasteiger partial charge < -0.3 is 4.90 Å². The van der Waals surface area contributed by atoms with Crippen LogP contribution in [0.2, 0.25) is 0 Å².